The van der Waals surface area contributed by atoms with Crippen LogP contribution in [0.3, 0.4) is 0 Å². The molecule has 1 saturated carbocycles. The predicted molar refractivity (Wildman–Crippen MR) is 54.1 cm³/mol. The van der Waals surface area contributed by atoms with Gasteiger partial charge in [-0.2, -0.15) is 0 Å². The largest absolute Gasteiger partial charge is 0.0891 e. The Morgan fingerprint density at radius 3 is 2.09 bits per heavy atom. The summed E-state index contributed by atoms with van der Waals surface area (Å²) in [5.41, 5.74) is 0. The molecule has 1 fully saturated rings. The molecule has 0 heterocycles. The van der Waals surface area contributed by atoms with Gasteiger partial charge in [0.15, 0.2) is 0 Å². The molecule has 0 bridgehead atoms. The van der Waals surface area contributed by atoms with E-state index in [-0.39, 0.29) is 0 Å². The lowest BCUT2D eigenvalue weighted by atomic mass is 9.80. The summed E-state index contributed by atoms with van der Waals surface area (Å²) in [5.74, 6) is 1.87. The van der Waals surface area contributed by atoms with Crippen LogP contribution in [0.1, 0.15) is 46.0 Å². The van der Waals surface area contributed by atoms with E-state index < -0.39 is 0 Å². The van der Waals surface area contributed by atoms with Crippen molar-refractivity contribution in [1.29, 1.82) is 0 Å². The highest BCUT2D eigenvalue weighted by Crippen LogP contribution is 2.33. The van der Waals surface area contributed by atoms with Crippen LogP contribution in [-0.2, 0) is 0 Å². The van der Waals surface area contributed by atoms with Crippen LogP contribution in [0.25, 0.3) is 0 Å². The van der Waals surface area contributed by atoms with Crippen molar-refractivity contribution in [2.45, 2.75) is 50.8 Å². The monoisotopic (exact) mass is 218 g/mol. The van der Waals surface area contributed by atoms with Crippen LogP contribution in [0.4, 0.5) is 0 Å². The van der Waals surface area contributed by atoms with Crippen molar-refractivity contribution < 1.29 is 0 Å². The Balaban J connectivity index is 2.32. The lowest BCUT2D eigenvalue weighted by Gasteiger charge is -2.29. The normalized spacial score (nSPS) is 26.5. The first-order valence-electron chi connectivity index (χ1n) is 4.86. The van der Waals surface area contributed by atoms with Crippen LogP contribution >= 0.6 is 15.9 Å². The van der Waals surface area contributed by atoms with Crippen LogP contribution in [-0.4, -0.2) is 4.83 Å². The second-order valence-corrected chi connectivity index (χ2v) is 5.38. The van der Waals surface area contributed by atoms with Gasteiger partial charge >= 0.3 is 0 Å². The first-order valence-corrected chi connectivity index (χ1v) is 5.77. The van der Waals surface area contributed by atoms with Gasteiger partial charge in [-0.15, -0.1) is 0 Å². The third-order valence-electron chi connectivity index (χ3n) is 3.12. The topological polar surface area (TPSA) is 0 Å². The summed E-state index contributed by atoms with van der Waals surface area (Å²) in [6.07, 6.45) is 7.34. The molecule has 1 heteroatoms. The zero-order valence-electron chi connectivity index (χ0n) is 7.65. The highest BCUT2D eigenvalue weighted by Gasteiger charge is 2.22. The lowest BCUT2D eigenvalue weighted by Crippen LogP contribution is -2.21. The van der Waals surface area contributed by atoms with Crippen LogP contribution in [0.2, 0.25) is 0 Å². The van der Waals surface area contributed by atoms with Gasteiger partial charge in [-0.1, -0.05) is 61.9 Å². The average molecular weight is 219 g/mol. The molecule has 0 spiro atoms. The Labute approximate surface area is 78.9 Å². The summed E-state index contributed by atoms with van der Waals surface area (Å²) in [5, 5.41) is 0. The molecule has 0 amide bonds. The summed E-state index contributed by atoms with van der Waals surface area (Å²) in [6.45, 7) is 4.66. The first kappa shape index (κ1) is 9.57. The molecule has 0 aliphatic heterocycles. The van der Waals surface area contributed by atoms with Crippen molar-refractivity contribution in [2.24, 2.45) is 11.8 Å². The van der Waals surface area contributed by atoms with E-state index in [2.05, 4.69) is 29.8 Å². The van der Waals surface area contributed by atoms with Crippen LogP contribution in [0.5, 0.6) is 0 Å². The second kappa shape index (κ2) is 4.49. The minimum Gasteiger partial charge on any atom is -0.0891 e. The second-order valence-electron chi connectivity index (χ2n) is 3.93. The standard InChI is InChI=1S/C10H19Br/c1-8(9(2)11)10-6-4-3-5-7-10/h8-10H,3-7H2,1-2H3. The van der Waals surface area contributed by atoms with Crippen molar-refractivity contribution >= 4 is 15.9 Å². The minimum atomic E-state index is 0.700. The zero-order chi connectivity index (χ0) is 8.27. The first-order chi connectivity index (χ1) is 5.22. The maximum absolute atomic E-state index is 3.68. The number of rotatable bonds is 2. The molecular formula is C10H19Br. The van der Waals surface area contributed by atoms with Crippen molar-refractivity contribution in [1.82, 2.24) is 0 Å². The fourth-order valence-electron chi connectivity index (χ4n) is 2.03. The van der Waals surface area contributed by atoms with Gasteiger partial charge in [-0.3, -0.25) is 0 Å². The molecular weight excluding hydrogens is 200 g/mol. The lowest BCUT2D eigenvalue weighted by molar-refractivity contribution is 0.264. The van der Waals surface area contributed by atoms with Gasteiger partial charge in [0.05, 0.1) is 0 Å². The predicted octanol–water partition coefficient (Wildman–Crippen LogP) is 3.99. The molecule has 0 N–H and O–H groups in total. The Morgan fingerprint density at radius 2 is 1.64 bits per heavy atom. The Hall–Kier alpha value is 0.480. The number of hydrogen-bond donors (Lipinski definition) is 0. The van der Waals surface area contributed by atoms with Gasteiger partial charge in [-0.25, -0.2) is 0 Å². The molecule has 1 aliphatic carbocycles. The highest BCUT2D eigenvalue weighted by molar-refractivity contribution is 9.09. The molecule has 11 heavy (non-hydrogen) atoms. The van der Waals surface area contributed by atoms with Gasteiger partial charge in [0, 0.05) is 4.83 Å². The van der Waals surface area contributed by atoms with Gasteiger partial charge in [0.2, 0.25) is 0 Å². The summed E-state index contributed by atoms with van der Waals surface area (Å²) in [7, 11) is 0. The average Bonchev–Trinajstić information content (AvgIpc) is 2.05. The summed E-state index contributed by atoms with van der Waals surface area (Å²) in [4.78, 5) is 0.700. The van der Waals surface area contributed by atoms with Crippen LogP contribution in [0.15, 0.2) is 0 Å². The molecule has 0 aromatic rings. The maximum atomic E-state index is 3.68. The fraction of sp³-hybridized carbons (Fsp3) is 1.00. The van der Waals surface area contributed by atoms with Crippen molar-refractivity contribution in [3.63, 3.8) is 0 Å². The van der Waals surface area contributed by atoms with E-state index in [1.165, 1.54) is 32.1 Å². The molecule has 0 nitrogen and oxygen atoms in total. The minimum absolute atomic E-state index is 0.700. The molecule has 0 aromatic heterocycles. The summed E-state index contributed by atoms with van der Waals surface area (Å²) >= 11 is 3.68. The van der Waals surface area contributed by atoms with Crippen molar-refractivity contribution in [3.8, 4) is 0 Å². The molecule has 0 aromatic carbocycles. The maximum Gasteiger partial charge on any atom is 0.0145 e. The number of hydrogen-bond acceptors (Lipinski definition) is 0. The molecule has 1 aliphatic rings. The van der Waals surface area contributed by atoms with Crippen LogP contribution in [0, 0.1) is 11.8 Å². The van der Waals surface area contributed by atoms with Gasteiger partial charge in [0.25, 0.3) is 0 Å². The molecule has 1 rings (SSSR count). The van der Waals surface area contributed by atoms with E-state index in [1.54, 1.807) is 0 Å². The van der Waals surface area contributed by atoms with Gasteiger partial charge in [0.1, 0.15) is 0 Å². The summed E-state index contributed by atoms with van der Waals surface area (Å²) < 4.78 is 0. The summed E-state index contributed by atoms with van der Waals surface area (Å²) in [6, 6.07) is 0. The van der Waals surface area contributed by atoms with Gasteiger partial charge < -0.3 is 0 Å². The quantitative estimate of drug-likeness (QED) is 0.616. The van der Waals surface area contributed by atoms with Gasteiger partial charge in [-0.05, 0) is 11.8 Å². The Morgan fingerprint density at radius 1 is 1.09 bits per heavy atom. The fourth-order valence-corrected chi connectivity index (χ4v) is 2.47. The number of alkyl halides is 1. The molecule has 66 valence electrons. The molecule has 0 radical (unpaired) electrons. The van der Waals surface area contributed by atoms with E-state index in [9.17, 15) is 0 Å². The van der Waals surface area contributed by atoms with E-state index in [0.717, 1.165) is 11.8 Å². The van der Waals surface area contributed by atoms with E-state index >= 15 is 0 Å². The van der Waals surface area contributed by atoms with E-state index in [1.807, 2.05) is 0 Å². The molecule has 2 unspecified atom stereocenters. The Kier molecular flexibility index (Phi) is 3.91. The van der Waals surface area contributed by atoms with E-state index in [0.29, 0.717) is 4.83 Å². The number of halogens is 1. The molecule has 0 saturated heterocycles. The van der Waals surface area contributed by atoms with Crippen molar-refractivity contribution in [3.05, 3.63) is 0 Å². The highest BCUT2D eigenvalue weighted by atomic mass is 79.9. The zero-order valence-corrected chi connectivity index (χ0v) is 9.23. The van der Waals surface area contributed by atoms with Crippen molar-refractivity contribution in [2.75, 3.05) is 0 Å². The smallest absolute Gasteiger partial charge is 0.0145 e. The van der Waals surface area contributed by atoms with Crippen LogP contribution < -0.4 is 0 Å². The Bertz CT molecular complexity index is 103. The van der Waals surface area contributed by atoms with E-state index in [4.69, 9.17) is 0 Å². The molecule has 2 atom stereocenters. The SMILES string of the molecule is CC(Br)C(C)C1CCCCC1. The third kappa shape index (κ3) is 2.77. The third-order valence-corrected chi connectivity index (χ3v) is 3.95.